The van der Waals surface area contributed by atoms with E-state index in [0.717, 1.165) is 56.2 Å². The number of nitrogen functional groups attached to an aromatic ring is 1. The summed E-state index contributed by atoms with van der Waals surface area (Å²) in [5.41, 5.74) is 8.20. The topological polar surface area (TPSA) is 64.3 Å². The van der Waals surface area contributed by atoms with Gasteiger partial charge in [0.2, 0.25) is 0 Å². The fourth-order valence-corrected chi connectivity index (χ4v) is 2.74. The van der Waals surface area contributed by atoms with Crippen molar-refractivity contribution >= 4 is 5.82 Å². The van der Waals surface area contributed by atoms with Crippen molar-refractivity contribution in [3.8, 4) is 0 Å². The zero-order valence-electron chi connectivity index (χ0n) is 10.1. The van der Waals surface area contributed by atoms with E-state index in [4.69, 9.17) is 10.5 Å². The first-order valence-electron chi connectivity index (χ1n) is 6.17. The summed E-state index contributed by atoms with van der Waals surface area (Å²) in [6.45, 7) is 5.45. The Bertz CT molecular complexity index is 429. The first-order chi connectivity index (χ1) is 8.24. The molecule has 0 aliphatic carbocycles. The molecule has 1 saturated heterocycles. The Balaban J connectivity index is 1.80. The first kappa shape index (κ1) is 10.9. The number of hydrogen-bond acceptors (Lipinski definition) is 5. The van der Waals surface area contributed by atoms with Crippen LogP contribution in [0.25, 0.3) is 0 Å². The molecule has 1 aromatic rings. The summed E-state index contributed by atoms with van der Waals surface area (Å²) < 4.78 is 5.40. The van der Waals surface area contributed by atoms with Crippen LogP contribution >= 0.6 is 0 Å². The molecule has 17 heavy (non-hydrogen) atoms. The minimum absolute atomic E-state index is 0.609. The van der Waals surface area contributed by atoms with E-state index < -0.39 is 0 Å². The third kappa shape index (κ3) is 2.00. The predicted octanol–water partition coefficient (Wildman–Crippen LogP) is 0.862. The van der Waals surface area contributed by atoms with E-state index in [2.05, 4.69) is 14.9 Å². The average molecular weight is 234 g/mol. The van der Waals surface area contributed by atoms with Crippen LogP contribution < -0.4 is 5.73 Å². The third-order valence-corrected chi connectivity index (χ3v) is 3.66. The quantitative estimate of drug-likeness (QED) is 0.781. The first-order valence-corrected chi connectivity index (χ1v) is 6.17. The molecule has 0 radical (unpaired) electrons. The zero-order valence-corrected chi connectivity index (χ0v) is 10.1. The molecule has 2 aliphatic heterocycles. The van der Waals surface area contributed by atoms with Crippen LogP contribution in [0.1, 0.15) is 29.9 Å². The van der Waals surface area contributed by atoms with Crippen molar-refractivity contribution in [3.05, 3.63) is 17.1 Å². The maximum atomic E-state index is 5.96. The molecule has 0 bridgehead atoms. The van der Waals surface area contributed by atoms with Crippen LogP contribution in [0.5, 0.6) is 0 Å². The normalized spacial score (nSPS) is 21.7. The van der Waals surface area contributed by atoms with Crippen LogP contribution in [0.2, 0.25) is 0 Å². The summed E-state index contributed by atoms with van der Waals surface area (Å²) in [5, 5.41) is 0. The fourth-order valence-electron chi connectivity index (χ4n) is 2.74. The highest BCUT2D eigenvalue weighted by Crippen LogP contribution is 2.29. The van der Waals surface area contributed by atoms with Crippen molar-refractivity contribution in [1.82, 2.24) is 14.9 Å². The van der Waals surface area contributed by atoms with E-state index in [1.54, 1.807) is 0 Å². The number of rotatable bonds is 1. The summed E-state index contributed by atoms with van der Waals surface area (Å²) in [7, 11) is 0. The standard InChI is InChI=1S/C12H18N4O/c1-8-14-11-7-16(6-10(11)12(13)15-8)9-2-4-17-5-3-9/h9H,2-7H2,1H3,(H2,13,14,15). The molecule has 0 saturated carbocycles. The molecule has 1 aromatic heterocycles. The molecule has 5 nitrogen and oxygen atoms in total. The van der Waals surface area contributed by atoms with E-state index in [0.29, 0.717) is 11.9 Å². The number of fused-ring (bicyclic) bond motifs is 1. The Morgan fingerprint density at radius 1 is 1.24 bits per heavy atom. The smallest absolute Gasteiger partial charge is 0.131 e. The molecule has 2 N–H and O–H groups in total. The van der Waals surface area contributed by atoms with Gasteiger partial charge >= 0.3 is 0 Å². The Morgan fingerprint density at radius 2 is 2.00 bits per heavy atom. The lowest BCUT2D eigenvalue weighted by molar-refractivity contribution is 0.0324. The molecule has 5 heteroatoms. The van der Waals surface area contributed by atoms with Gasteiger partial charge in [-0.25, -0.2) is 9.97 Å². The van der Waals surface area contributed by atoms with E-state index in [1.165, 1.54) is 0 Å². The van der Waals surface area contributed by atoms with E-state index in [9.17, 15) is 0 Å². The molecule has 0 atom stereocenters. The van der Waals surface area contributed by atoms with E-state index in [1.807, 2.05) is 6.92 Å². The minimum Gasteiger partial charge on any atom is -0.383 e. The molecule has 92 valence electrons. The van der Waals surface area contributed by atoms with Crippen molar-refractivity contribution in [3.63, 3.8) is 0 Å². The summed E-state index contributed by atoms with van der Waals surface area (Å²) >= 11 is 0. The second-order valence-corrected chi connectivity index (χ2v) is 4.83. The van der Waals surface area contributed by atoms with Gasteiger partial charge in [-0.15, -0.1) is 0 Å². The average Bonchev–Trinajstić information content (AvgIpc) is 2.74. The van der Waals surface area contributed by atoms with Crippen molar-refractivity contribution in [2.75, 3.05) is 18.9 Å². The maximum absolute atomic E-state index is 5.96. The fraction of sp³-hybridized carbons (Fsp3) is 0.667. The number of aryl methyl sites for hydroxylation is 1. The third-order valence-electron chi connectivity index (χ3n) is 3.66. The molecule has 0 spiro atoms. The van der Waals surface area contributed by atoms with Crippen LogP contribution in [-0.4, -0.2) is 34.1 Å². The van der Waals surface area contributed by atoms with Crippen LogP contribution in [0.15, 0.2) is 0 Å². The van der Waals surface area contributed by atoms with Gasteiger partial charge in [0.05, 0.1) is 5.69 Å². The highest BCUT2D eigenvalue weighted by atomic mass is 16.5. The molecule has 0 aromatic carbocycles. The van der Waals surface area contributed by atoms with Gasteiger partial charge in [0, 0.05) is 37.9 Å². The largest absolute Gasteiger partial charge is 0.383 e. The molecule has 0 amide bonds. The van der Waals surface area contributed by atoms with Crippen molar-refractivity contribution in [2.24, 2.45) is 0 Å². The van der Waals surface area contributed by atoms with E-state index >= 15 is 0 Å². The number of hydrogen-bond donors (Lipinski definition) is 1. The lowest BCUT2D eigenvalue weighted by Crippen LogP contribution is -2.35. The lowest BCUT2D eigenvalue weighted by atomic mass is 10.1. The molecule has 1 fully saturated rings. The monoisotopic (exact) mass is 234 g/mol. The number of anilines is 1. The summed E-state index contributed by atoms with van der Waals surface area (Å²) in [4.78, 5) is 11.2. The second-order valence-electron chi connectivity index (χ2n) is 4.83. The van der Waals surface area contributed by atoms with Gasteiger partial charge in [-0.1, -0.05) is 0 Å². The van der Waals surface area contributed by atoms with E-state index in [-0.39, 0.29) is 0 Å². The Morgan fingerprint density at radius 3 is 2.76 bits per heavy atom. The van der Waals surface area contributed by atoms with Crippen LogP contribution in [0, 0.1) is 6.92 Å². The molecular weight excluding hydrogens is 216 g/mol. The zero-order chi connectivity index (χ0) is 11.8. The predicted molar refractivity (Wildman–Crippen MR) is 64.3 cm³/mol. The van der Waals surface area contributed by atoms with Crippen molar-refractivity contribution in [1.29, 1.82) is 0 Å². The number of nitrogens with zero attached hydrogens (tertiary/aromatic N) is 3. The van der Waals surface area contributed by atoms with Crippen LogP contribution in [-0.2, 0) is 17.8 Å². The van der Waals surface area contributed by atoms with Gasteiger partial charge < -0.3 is 10.5 Å². The van der Waals surface area contributed by atoms with Crippen LogP contribution in [0.4, 0.5) is 5.82 Å². The van der Waals surface area contributed by atoms with Gasteiger partial charge in [-0.05, 0) is 19.8 Å². The summed E-state index contributed by atoms with van der Waals surface area (Å²) in [6, 6.07) is 0.609. The summed E-state index contributed by atoms with van der Waals surface area (Å²) in [5.74, 6) is 1.43. The summed E-state index contributed by atoms with van der Waals surface area (Å²) in [6.07, 6.45) is 2.22. The minimum atomic E-state index is 0.609. The van der Waals surface area contributed by atoms with Gasteiger partial charge in [0.25, 0.3) is 0 Å². The number of ether oxygens (including phenoxy) is 1. The highest BCUT2D eigenvalue weighted by Gasteiger charge is 2.29. The maximum Gasteiger partial charge on any atom is 0.131 e. The molecule has 3 rings (SSSR count). The highest BCUT2D eigenvalue weighted by molar-refractivity contribution is 5.44. The molecular formula is C12H18N4O. The lowest BCUT2D eigenvalue weighted by Gasteiger charge is -2.30. The molecule has 3 heterocycles. The number of aromatic nitrogens is 2. The molecule has 0 unspecified atom stereocenters. The molecule has 2 aliphatic rings. The second kappa shape index (κ2) is 4.23. The number of nitrogens with two attached hydrogens (primary N) is 1. The van der Waals surface area contributed by atoms with Crippen molar-refractivity contribution in [2.45, 2.75) is 38.9 Å². The van der Waals surface area contributed by atoms with Gasteiger partial charge in [0.1, 0.15) is 11.6 Å². The Kier molecular flexibility index (Phi) is 2.72. The Labute approximate surface area is 101 Å². The van der Waals surface area contributed by atoms with Crippen LogP contribution in [0.3, 0.4) is 0 Å². The van der Waals surface area contributed by atoms with Crippen molar-refractivity contribution < 1.29 is 4.74 Å². The Hall–Kier alpha value is -1.20. The van der Waals surface area contributed by atoms with Gasteiger partial charge in [-0.2, -0.15) is 0 Å². The SMILES string of the molecule is Cc1nc(N)c2c(n1)CN(C1CCOCC1)C2. The van der Waals surface area contributed by atoms with Gasteiger partial charge in [0.15, 0.2) is 0 Å². The van der Waals surface area contributed by atoms with Gasteiger partial charge in [-0.3, -0.25) is 4.90 Å².